The maximum atomic E-state index is 12.9. The third-order valence-electron chi connectivity index (χ3n) is 4.70. The molecule has 27 heavy (non-hydrogen) atoms. The van der Waals surface area contributed by atoms with E-state index >= 15 is 0 Å². The number of hydrogen-bond acceptors (Lipinski definition) is 4. The first kappa shape index (κ1) is 18.8. The van der Waals surface area contributed by atoms with Crippen molar-refractivity contribution in [1.82, 2.24) is 10.2 Å². The first-order chi connectivity index (χ1) is 13.1. The molecule has 1 fully saturated rings. The van der Waals surface area contributed by atoms with Crippen molar-refractivity contribution in [2.24, 2.45) is 0 Å². The number of rotatable bonds is 7. The third-order valence-corrected chi connectivity index (χ3v) is 4.70. The molecule has 0 bridgehead atoms. The molecule has 2 amide bonds. The molecule has 0 aromatic heterocycles. The molecule has 6 heteroatoms. The van der Waals surface area contributed by atoms with E-state index in [9.17, 15) is 9.59 Å². The lowest BCUT2D eigenvalue weighted by Gasteiger charge is -2.25. The quantitative estimate of drug-likeness (QED) is 0.816. The Hall–Kier alpha value is -3.02. The Bertz CT molecular complexity index is 785. The highest BCUT2D eigenvalue weighted by atomic mass is 16.5. The Balaban J connectivity index is 1.83. The fourth-order valence-electron chi connectivity index (χ4n) is 3.22. The molecule has 1 aliphatic heterocycles. The second-order valence-electron chi connectivity index (χ2n) is 6.48. The molecule has 1 N–H and O–H groups in total. The highest BCUT2D eigenvalue weighted by Crippen LogP contribution is 2.24. The number of carbonyl (C=O) groups excluding carboxylic acids is 2. The molecule has 0 saturated carbocycles. The van der Waals surface area contributed by atoms with Crippen LogP contribution < -0.4 is 14.8 Å². The van der Waals surface area contributed by atoms with Gasteiger partial charge < -0.3 is 19.7 Å². The number of hydrogen-bond donors (Lipinski definition) is 1. The number of nitrogens with zero attached hydrogens (tertiary/aromatic N) is 1. The van der Waals surface area contributed by atoms with Gasteiger partial charge in [0.15, 0.2) is 0 Å². The lowest BCUT2D eigenvalue weighted by Crippen LogP contribution is -2.38. The van der Waals surface area contributed by atoms with Crippen LogP contribution in [0.1, 0.15) is 34.8 Å². The fourth-order valence-corrected chi connectivity index (χ4v) is 3.22. The Morgan fingerprint density at radius 1 is 1.11 bits per heavy atom. The van der Waals surface area contributed by atoms with Crippen molar-refractivity contribution in [2.45, 2.75) is 18.9 Å². The second-order valence-corrected chi connectivity index (χ2v) is 6.48. The van der Waals surface area contributed by atoms with Gasteiger partial charge in [-0.05, 0) is 24.1 Å². The van der Waals surface area contributed by atoms with Gasteiger partial charge in [0.1, 0.15) is 11.5 Å². The number of methoxy groups -OCH3 is 2. The lowest BCUT2D eigenvalue weighted by molar-refractivity contribution is -0.128. The first-order valence-corrected chi connectivity index (χ1v) is 8.97. The van der Waals surface area contributed by atoms with Gasteiger partial charge in [-0.3, -0.25) is 9.59 Å². The van der Waals surface area contributed by atoms with E-state index in [1.54, 1.807) is 32.4 Å². The van der Waals surface area contributed by atoms with E-state index in [1.165, 1.54) is 0 Å². The largest absolute Gasteiger partial charge is 0.497 e. The third kappa shape index (κ3) is 4.58. The van der Waals surface area contributed by atoms with Gasteiger partial charge in [0.2, 0.25) is 5.91 Å². The van der Waals surface area contributed by atoms with Gasteiger partial charge in [-0.1, -0.05) is 30.3 Å². The second kappa shape index (κ2) is 8.58. The van der Waals surface area contributed by atoms with Gasteiger partial charge in [-0.2, -0.15) is 0 Å². The predicted molar refractivity (Wildman–Crippen MR) is 102 cm³/mol. The summed E-state index contributed by atoms with van der Waals surface area (Å²) in [5, 5.41) is 3.06. The van der Waals surface area contributed by atoms with Crippen LogP contribution in [0.3, 0.4) is 0 Å². The van der Waals surface area contributed by atoms with Gasteiger partial charge in [0, 0.05) is 31.1 Å². The highest BCUT2D eigenvalue weighted by Gasteiger charge is 2.25. The molecule has 0 radical (unpaired) electrons. The van der Waals surface area contributed by atoms with E-state index in [-0.39, 0.29) is 17.9 Å². The summed E-state index contributed by atoms with van der Waals surface area (Å²) in [5.41, 5.74) is 1.40. The molecular formula is C21H24N2O4. The number of amides is 2. The molecule has 2 aromatic carbocycles. The first-order valence-electron chi connectivity index (χ1n) is 8.97. The van der Waals surface area contributed by atoms with Crippen molar-refractivity contribution in [1.29, 1.82) is 0 Å². The molecule has 3 rings (SSSR count). The molecular weight excluding hydrogens is 344 g/mol. The molecule has 1 aliphatic rings. The van der Waals surface area contributed by atoms with Crippen LogP contribution in [0.2, 0.25) is 0 Å². The monoisotopic (exact) mass is 368 g/mol. The number of benzene rings is 2. The summed E-state index contributed by atoms with van der Waals surface area (Å²) in [6, 6.07) is 14.4. The SMILES string of the molecule is COc1cc(OC)cc(C(=O)N[C@H](CN2CCCC2=O)c2ccccc2)c1. The molecule has 1 saturated heterocycles. The Labute approximate surface area is 159 Å². The zero-order chi connectivity index (χ0) is 19.2. The number of carbonyl (C=O) groups is 2. The average molecular weight is 368 g/mol. The normalized spacial score (nSPS) is 14.7. The van der Waals surface area contributed by atoms with Crippen molar-refractivity contribution in [2.75, 3.05) is 27.3 Å². The molecule has 0 spiro atoms. The Kier molecular flexibility index (Phi) is 5.96. The molecule has 6 nitrogen and oxygen atoms in total. The maximum Gasteiger partial charge on any atom is 0.252 e. The summed E-state index contributed by atoms with van der Waals surface area (Å²) in [6.45, 7) is 1.18. The van der Waals surface area contributed by atoms with E-state index in [0.717, 1.165) is 18.5 Å². The van der Waals surface area contributed by atoms with Crippen molar-refractivity contribution in [3.05, 3.63) is 59.7 Å². The molecule has 1 atom stereocenters. The van der Waals surface area contributed by atoms with Crippen LogP contribution >= 0.6 is 0 Å². The summed E-state index contributed by atoms with van der Waals surface area (Å²) in [7, 11) is 3.09. The van der Waals surface area contributed by atoms with E-state index in [2.05, 4.69) is 5.32 Å². The Morgan fingerprint density at radius 2 is 1.78 bits per heavy atom. The topological polar surface area (TPSA) is 67.9 Å². The van der Waals surface area contributed by atoms with E-state index in [4.69, 9.17) is 9.47 Å². The van der Waals surface area contributed by atoms with Crippen LogP contribution in [0.25, 0.3) is 0 Å². The summed E-state index contributed by atoms with van der Waals surface area (Å²) in [5.74, 6) is 0.983. The molecule has 0 unspecified atom stereocenters. The predicted octanol–water partition coefficient (Wildman–Crippen LogP) is 2.80. The highest BCUT2D eigenvalue weighted by molar-refractivity contribution is 5.95. The van der Waals surface area contributed by atoms with Gasteiger partial charge in [0.25, 0.3) is 5.91 Å². The molecule has 142 valence electrons. The summed E-state index contributed by atoms with van der Waals surface area (Å²) in [6.07, 6.45) is 1.43. The van der Waals surface area contributed by atoms with Crippen molar-refractivity contribution >= 4 is 11.8 Å². The van der Waals surface area contributed by atoms with Crippen molar-refractivity contribution in [3.8, 4) is 11.5 Å². The standard InChI is InChI=1S/C21H24N2O4/c1-26-17-11-16(12-18(13-17)27-2)21(25)22-19(15-7-4-3-5-8-15)14-23-10-6-9-20(23)24/h3-5,7-8,11-13,19H,6,9-10,14H2,1-2H3,(H,22,25)/t19-/m1/s1. The zero-order valence-electron chi connectivity index (χ0n) is 15.6. The van der Waals surface area contributed by atoms with Crippen LogP contribution in [-0.2, 0) is 4.79 Å². The zero-order valence-corrected chi connectivity index (χ0v) is 15.6. The van der Waals surface area contributed by atoms with E-state index in [1.807, 2.05) is 35.2 Å². The summed E-state index contributed by atoms with van der Waals surface area (Å²) < 4.78 is 10.5. The molecule has 0 aliphatic carbocycles. The van der Waals surface area contributed by atoms with Crippen molar-refractivity contribution < 1.29 is 19.1 Å². The minimum atomic E-state index is -0.294. The maximum absolute atomic E-state index is 12.9. The van der Waals surface area contributed by atoms with Crippen molar-refractivity contribution in [3.63, 3.8) is 0 Å². The summed E-state index contributed by atoms with van der Waals surface area (Å²) >= 11 is 0. The van der Waals surface area contributed by atoms with Crippen LogP contribution in [0, 0.1) is 0 Å². The van der Waals surface area contributed by atoms with Crippen LogP contribution in [-0.4, -0.2) is 44.0 Å². The number of likely N-dealkylation sites (tertiary alicyclic amines) is 1. The molecule has 1 heterocycles. The van der Waals surface area contributed by atoms with Crippen LogP contribution in [0.15, 0.2) is 48.5 Å². The number of ether oxygens (including phenoxy) is 2. The van der Waals surface area contributed by atoms with Gasteiger partial charge in [-0.15, -0.1) is 0 Å². The van der Waals surface area contributed by atoms with Crippen LogP contribution in [0.4, 0.5) is 0 Å². The fraction of sp³-hybridized carbons (Fsp3) is 0.333. The minimum Gasteiger partial charge on any atom is -0.497 e. The minimum absolute atomic E-state index is 0.133. The van der Waals surface area contributed by atoms with E-state index in [0.29, 0.717) is 30.0 Å². The Morgan fingerprint density at radius 3 is 2.33 bits per heavy atom. The molecule has 2 aromatic rings. The van der Waals surface area contributed by atoms with Gasteiger partial charge in [-0.25, -0.2) is 0 Å². The smallest absolute Gasteiger partial charge is 0.252 e. The van der Waals surface area contributed by atoms with Crippen LogP contribution in [0.5, 0.6) is 11.5 Å². The lowest BCUT2D eigenvalue weighted by atomic mass is 10.1. The van der Waals surface area contributed by atoms with E-state index < -0.39 is 0 Å². The number of nitrogens with one attached hydrogen (secondary N) is 1. The van der Waals surface area contributed by atoms with Gasteiger partial charge >= 0.3 is 0 Å². The average Bonchev–Trinajstić information content (AvgIpc) is 3.12. The summed E-state index contributed by atoms with van der Waals surface area (Å²) in [4.78, 5) is 26.7. The van der Waals surface area contributed by atoms with Gasteiger partial charge in [0.05, 0.1) is 20.3 Å².